The molecule has 0 aromatic heterocycles. The maximum absolute atomic E-state index is 12.9. The molecule has 4 nitrogen and oxygen atoms in total. The third-order valence-corrected chi connectivity index (χ3v) is 5.89. The lowest BCUT2D eigenvalue weighted by molar-refractivity contribution is 0.407. The van der Waals surface area contributed by atoms with Crippen LogP contribution in [0.15, 0.2) is 47.4 Å². The fraction of sp³-hybridized carbons (Fsp3) is 0.263. The van der Waals surface area contributed by atoms with Gasteiger partial charge >= 0.3 is 0 Å². The largest absolute Gasteiger partial charge is 0.497 e. The molecule has 0 radical (unpaired) electrons. The van der Waals surface area contributed by atoms with Crippen molar-refractivity contribution in [2.24, 2.45) is 0 Å². The van der Waals surface area contributed by atoms with Gasteiger partial charge in [0.25, 0.3) is 0 Å². The number of fused-ring (bicyclic) bond motifs is 1. The van der Waals surface area contributed by atoms with E-state index in [0.717, 1.165) is 22.4 Å². The molecule has 0 amide bonds. The molecule has 1 heterocycles. The van der Waals surface area contributed by atoms with Crippen LogP contribution in [0, 0.1) is 18.8 Å². The Kier molecular flexibility index (Phi) is 4.61. The van der Waals surface area contributed by atoms with Crippen LogP contribution in [-0.4, -0.2) is 26.4 Å². The smallest absolute Gasteiger partial charge is 0.243 e. The van der Waals surface area contributed by atoms with Crippen molar-refractivity contribution in [3.05, 3.63) is 59.2 Å². The lowest BCUT2D eigenvalue weighted by atomic mass is 10.1. The summed E-state index contributed by atoms with van der Waals surface area (Å²) in [7, 11) is -1.94. The minimum absolute atomic E-state index is 0.310. The first kappa shape index (κ1) is 16.6. The van der Waals surface area contributed by atoms with Gasteiger partial charge in [-0.05, 0) is 36.8 Å². The summed E-state index contributed by atoms with van der Waals surface area (Å²) in [5.74, 6) is 6.87. The molecule has 1 aliphatic rings. The molecular weight excluding hydrogens is 322 g/mol. The number of hydrogen-bond donors (Lipinski definition) is 0. The number of nitrogens with zero attached hydrogens (tertiary/aromatic N) is 1. The molecule has 0 saturated carbocycles. The average Bonchev–Trinajstić information content (AvgIpc) is 2.55. The van der Waals surface area contributed by atoms with Crippen LogP contribution in [0.4, 0.5) is 0 Å². The van der Waals surface area contributed by atoms with E-state index >= 15 is 0 Å². The first-order chi connectivity index (χ1) is 11.5. The van der Waals surface area contributed by atoms with Crippen LogP contribution in [0.2, 0.25) is 0 Å². The number of aryl methyl sites for hydroxylation is 1. The van der Waals surface area contributed by atoms with E-state index in [2.05, 4.69) is 11.8 Å². The molecule has 3 rings (SSSR count). The Hall–Kier alpha value is -2.29. The highest BCUT2D eigenvalue weighted by Gasteiger charge is 2.25. The summed E-state index contributed by atoms with van der Waals surface area (Å²) in [5, 5.41) is 0. The number of methoxy groups -OCH3 is 1. The minimum Gasteiger partial charge on any atom is -0.497 e. The first-order valence-electron chi connectivity index (χ1n) is 7.73. The Bertz CT molecular complexity index is 906. The summed E-state index contributed by atoms with van der Waals surface area (Å²) in [5.41, 5.74) is 2.74. The summed E-state index contributed by atoms with van der Waals surface area (Å²) in [6.45, 7) is 2.63. The summed E-state index contributed by atoms with van der Waals surface area (Å²) in [6, 6.07) is 12.5. The van der Waals surface area contributed by atoms with Crippen molar-refractivity contribution >= 4 is 10.0 Å². The molecule has 0 fully saturated rings. The van der Waals surface area contributed by atoms with Crippen LogP contribution in [0.3, 0.4) is 0 Å². The van der Waals surface area contributed by atoms with Crippen LogP contribution in [0.5, 0.6) is 5.75 Å². The van der Waals surface area contributed by atoms with Crippen molar-refractivity contribution in [3.63, 3.8) is 0 Å². The maximum Gasteiger partial charge on any atom is 0.243 e. The standard InChI is InChI=1S/C19H19NO3S/c1-15-6-10-19(11-7-15)24(21,22)20-12-4-3-5-16-13-18(23-2)9-8-17(16)14-20/h6-11,13H,4,12,14H2,1-2H3. The predicted octanol–water partition coefficient (Wildman–Crippen LogP) is 2.95. The van der Waals surface area contributed by atoms with Gasteiger partial charge < -0.3 is 4.74 Å². The SMILES string of the molecule is COc1ccc2c(c1)C#CCCN(S(=O)(=O)c1ccc(C)cc1)C2. The van der Waals surface area contributed by atoms with Crippen LogP contribution < -0.4 is 4.74 Å². The zero-order chi connectivity index (χ0) is 17.2. The zero-order valence-electron chi connectivity index (χ0n) is 13.7. The fourth-order valence-corrected chi connectivity index (χ4v) is 4.03. The quantitative estimate of drug-likeness (QED) is 0.807. The van der Waals surface area contributed by atoms with E-state index in [1.165, 1.54) is 4.31 Å². The number of ether oxygens (including phenoxy) is 1. The molecule has 2 aromatic rings. The topological polar surface area (TPSA) is 46.6 Å². The zero-order valence-corrected chi connectivity index (χ0v) is 14.6. The van der Waals surface area contributed by atoms with Gasteiger partial charge in [0.05, 0.1) is 12.0 Å². The van der Waals surface area contributed by atoms with E-state index in [1.54, 1.807) is 19.2 Å². The Balaban J connectivity index is 1.97. The second kappa shape index (κ2) is 6.68. The third kappa shape index (κ3) is 3.30. The van der Waals surface area contributed by atoms with Gasteiger partial charge in [0, 0.05) is 25.1 Å². The van der Waals surface area contributed by atoms with E-state index in [-0.39, 0.29) is 0 Å². The van der Waals surface area contributed by atoms with Gasteiger partial charge in [-0.3, -0.25) is 0 Å². The van der Waals surface area contributed by atoms with Gasteiger partial charge in [0.2, 0.25) is 10.0 Å². The Labute approximate surface area is 143 Å². The van der Waals surface area contributed by atoms with Crippen molar-refractivity contribution in [3.8, 4) is 17.6 Å². The molecule has 5 heteroatoms. The molecule has 0 N–H and O–H groups in total. The van der Waals surface area contributed by atoms with Crippen molar-refractivity contribution in [2.75, 3.05) is 13.7 Å². The van der Waals surface area contributed by atoms with Gasteiger partial charge in [-0.1, -0.05) is 35.6 Å². The Morgan fingerprint density at radius 3 is 2.58 bits per heavy atom. The molecule has 0 spiro atoms. The Morgan fingerprint density at radius 2 is 1.88 bits per heavy atom. The van der Waals surface area contributed by atoms with Crippen LogP contribution in [0.1, 0.15) is 23.1 Å². The monoisotopic (exact) mass is 341 g/mol. The summed E-state index contributed by atoms with van der Waals surface area (Å²) < 4.78 is 32.6. The molecule has 24 heavy (non-hydrogen) atoms. The Morgan fingerprint density at radius 1 is 1.12 bits per heavy atom. The molecule has 0 atom stereocenters. The summed E-state index contributed by atoms with van der Waals surface area (Å²) in [4.78, 5) is 0.316. The van der Waals surface area contributed by atoms with Gasteiger partial charge in [0.1, 0.15) is 5.75 Å². The van der Waals surface area contributed by atoms with Crippen molar-refractivity contribution in [1.82, 2.24) is 4.31 Å². The number of hydrogen-bond acceptors (Lipinski definition) is 3. The molecule has 2 aromatic carbocycles. The molecule has 0 unspecified atom stereocenters. The second-order valence-electron chi connectivity index (χ2n) is 5.73. The molecule has 124 valence electrons. The molecule has 0 aliphatic carbocycles. The van der Waals surface area contributed by atoms with Crippen LogP contribution in [0.25, 0.3) is 0 Å². The first-order valence-corrected chi connectivity index (χ1v) is 9.17. The van der Waals surface area contributed by atoms with E-state index in [0.29, 0.717) is 24.4 Å². The van der Waals surface area contributed by atoms with E-state index < -0.39 is 10.0 Å². The van der Waals surface area contributed by atoms with Crippen molar-refractivity contribution in [1.29, 1.82) is 0 Å². The summed E-state index contributed by atoms with van der Waals surface area (Å²) >= 11 is 0. The van der Waals surface area contributed by atoms with Crippen molar-refractivity contribution in [2.45, 2.75) is 24.8 Å². The van der Waals surface area contributed by atoms with E-state index in [9.17, 15) is 8.42 Å². The third-order valence-electron chi connectivity index (χ3n) is 4.03. The highest BCUT2D eigenvalue weighted by Crippen LogP contribution is 2.24. The minimum atomic E-state index is -3.54. The lowest BCUT2D eigenvalue weighted by Gasteiger charge is -2.23. The van der Waals surface area contributed by atoms with Gasteiger partial charge in [0.15, 0.2) is 0 Å². The van der Waals surface area contributed by atoms with Gasteiger partial charge in [-0.2, -0.15) is 4.31 Å². The highest BCUT2D eigenvalue weighted by molar-refractivity contribution is 7.89. The number of rotatable bonds is 3. The highest BCUT2D eigenvalue weighted by atomic mass is 32.2. The molecule has 0 saturated heterocycles. The van der Waals surface area contributed by atoms with Crippen LogP contribution >= 0.6 is 0 Å². The molecule has 0 bridgehead atoms. The van der Waals surface area contributed by atoms with Gasteiger partial charge in [-0.15, -0.1) is 0 Å². The second-order valence-corrected chi connectivity index (χ2v) is 7.66. The summed E-state index contributed by atoms with van der Waals surface area (Å²) in [6.07, 6.45) is 0.502. The van der Waals surface area contributed by atoms with Crippen LogP contribution in [-0.2, 0) is 16.6 Å². The number of sulfonamides is 1. The van der Waals surface area contributed by atoms with E-state index in [1.807, 2.05) is 37.3 Å². The normalized spacial score (nSPS) is 14.8. The van der Waals surface area contributed by atoms with E-state index in [4.69, 9.17) is 4.74 Å². The predicted molar refractivity (Wildman–Crippen MR) is 93.3 cm³/mol. The van der Waals surface area contributed by atoms with Crippen molar-refractivity contribution < 1.29 is 13.2 Å². The van der Waals surface area contributed by atoms with Gasteiger partial charge in [-0.25, -0.2) is 8.42 Å². The fourth-order valence-electron chi connectivity index (χ4n) is 2.61. The maximum atomic E-state index is 12.9. The molecular formula is C19H19NO3S. The average molecular weight is 341 g/mol. The lowest BCUT2D eigenvalue weighted by Crippen LogP contribution is -2.32. The molecule has 1 aliphatic heterocycles. The number of benzene rings is 2.